The normalized spacial score (nSPS) is 17.6. The zero-order valence-corrected chi connectivity index (χ0v) is 19.4. The fraction of sp³-hybridized carbons (Fsp3) is 0.350. The molecule has 3 heterocycles. The van der Waals surface area contributed by atoms with Crippen molar-refractivity contribution in [1.82, 2.24) is 14.4 Å². The lowest BCUT2D eigenvalue weighted by molar-refractivity contribution is -0.120. The summed E-state index contributed by atoms with van der Waals surface area (Å²) >= 11 is 7.23. The number of carbonyl (C=O) groups is 1. The molecule has 2 aromatic heterocycles. The second-order valence-electron chi connectivity index (χ2n) is 7.45. The minimum absolute atomic E-state index is 0.127. The number of halogens is 1. The fourth-order valence-electron chi connectivity index (χ4n) is 3.40. The smallest absolute Gasteiger partial charge is 0.252 e. The Labute approximate surface area is 189 Å². The third-order valence-corrected chi connectivity index (χ3v) is 8.84. The number of aromatic nitrogens is 2. The van der Waals surface area contributed by atoms with Gasteiger partial charge in [0, 0.05) is 41.7 Å². The number of carbonyl (C=O) groups excluding carboxylic acids is 1. The topological polar surface area (TPSA) is 105 Å². The molecule has 1 aromatic carbocycles. The second-order valence-corrected chi connectivity index (χ2v) is 10.9. The lowest BCUT2D eigenvalue weighted by atomic mass is 9.98. The number of thiophene rings is 1. The number of benzene rings is 1. The SMILES string of the molecule is Cc1nc(-c2csc(S(=O)(=O)N3CCCC(C(=O)Nc4ccc(C)c(Cl)c4)C3)c2)no1. The van der Waals surface area contributed by atoms with E-state index in [9.17, 15) is 13.2 Å². The molecule has 1 atom stereocenters. The van der Waals surface area contributed by atoms with Crippen LogP contribution in [-0.4, -0.2) is 41.9 Å². The van der Waals surface area contributed by atoms with Crippen LogP contribution in [0.1, 0.15) is 24.3 Å². The molecule has 4 rings (SSSR count). The Kier molecular flexibility index (Phi) is 6.16. The number of hydrogen-bond acceptors (Lipinski definition) is 7. The number of piperidine rings is 1. The molecule has 1 aliphatic rings. The Morgan fingerprint density at radius 3 is 2.84 bits per heavy atom. The van der Waals surface area contributed by atoms with E-state index in [1.165, 1.54) is 4.31 Å². The maximum absolute atomic E-state index is 13.2. The monoisotopic (exact) mass is 480 g/mol. The summed E-state index contributed by atoms with van der Waals surface area (Å²) in [5, 5.41) is 8.93. The minimum Gasteiger partial charge on any atom is -0.339 e. The van der Waals surface area contributed by atoms with Crippen LogP contribution in [0.2, 0.25) is 5.02 Å². The van der Waals surface area contributed by atoms with Crippen molar-refractivity contribution < 1.29 is 17.7 Å². The van der Waals surface area contributed by atoms with Gasteiger partial charge < -0.3 is 9.84 Å². The van der Waals surface area contributed by atoms with Gasteiger partial charge in [-0.2, -0.15) is 9.29 Å². The standard InChI is InChI=1S/C20H21ClN4O4S2/c1-12-5-6-16(9-17(12)21)23-20(26)14-4-3-7-25(10-14)31(27,28)18-8-15(11-30-18)19-22-13(2)29-24-19/h5-6,8-9,11,14H,3-4,7,10H2,1-2H3,(H,23,26). The van der Waals surface area contributed by atoms with E-state index in [1.807, 2.05) is 13.0 Å². The summed E-state index contributed by atoms with van der Waals surface area (Å²) in [7, 11) is -3.73. The first-order valence-corrected chi connectivity index (χ1v) is 12.4. The molecule has 8 nitrogen and oxygen atoms in total. The lowest BCUT2D eigenvalue weighted by Gasteiger charge is -2.30. The Morgan fingerprint density at radius 1 is 1.32 bits per heavy atom. The summed E-state index contributed by atoms with van der Waals surface area (Å²) < 4.78 is 32.9. The average Bonchev–Trinajstić information content (AvgIpc) is 3.40. The first-order chi connectivity index (χ1) is 14.7. The van der Waals surface area contributed by atoms with E-state index in [2.05, 4.69) is 15.5 Å². The van der Waals surface area contributed by atoms with Crippen molar-refractivity contribution in [3.8, 4) is 11.4 Å². The number of hydrogen-bond donors (Lipinski definition) is 1. The fourth-order valence-corrected chi connectivity index (χ4v) is 6.42. The molecular weight excluding hydrogens is 460 g/mol. The van der Waals surface area contributed by atoms with Crippen LogP contribution in [0.15, 0.2) is 38.4 Å². The van der Waals surface area contributed by atoms with Crippen LogP contribution in [0, 0.1) is 19.8 Å². The quantitative estimate of drug-likeness (QED) is 0.589. The van der Waals surface area contributed by atoms with Crippen LogP contribution in [0.5, 0.6) is 0 Å². The molecule has 0 radical (unpaired) electrons. The number of rotatable bonds is 5. The Hall–Kier alpha value is -2.27. The molecule has 3 aromatic rings. The van der Waals surface area contributed by atoms with Gasteiger partial charge in [0.25, 0.3) is 10.0 Å². The molecular formula is C20H21ClN4O4S2. The van der Waals surface area contributed by atoms with E-state index in [4.69, 9.17) is 16.1 Å². The molecule has 1 unspecified atom stereocenters. The molecule has 31 heavy (non-hydrogen) atoms. The Morgan fingerprint density at radius 2 is 2.13 bits per heavy atom. The predicted molar refractivity (Wildman–Crippen MR) is 119 cm³/mol. The van der Waals surface area contributed by atoms with Crippen molar-refractivity contribution >= 4 is 44.6 Å². The van der Waals surface area contributed by atoms with Crippen molar-refractivity contribution in [3.63, 3.8) is 0 Å². The van der Waals surface area contributed by atoms with Crippen molar-refractivity contribution in [2.24, 2.45) is 5.92 Å². The third-order valence-electron chi connectivity index (χ3n) is 5.15. The Bertz CT molecular complexity index is 1220. The molecule has 1 saturated heterocycles. The highest BCUT2D eigenvalue weighted by atomic mass is 35.5. The maximum Gasteiger partial charge on any atom is 0.252 e. The number of anilines is 1. The van der Waals surface area contributed by atoms with Gasteiger partial charge in [-0.05, 0) is 43.5 Å². The van der Waals surface area contributed by atoms with Crippen LogP contribution in [0.4, 0.5) is 5.69 Å². The number of amides is 1. The zero-order chi connectivity index (χ0) is 22.2. The van der Waals surface area contributed by atoms with Gasteiger partial charge in [0.2, 0.25) is 17.6 Å². The van der Waals surface area contributed by atoms with E-state index >= 15 is 0 Å². The van der Waals surface area contributed by atoms with Gasteiger partial charge in [0.05, 0.1) is 5.92 Å². The van der Waals surface area contributed by atoms with E-state index in [1.54, 1.807) is 30.5 Å². The molecule has 0 spiro atoms. The molecule has 164 valence electrons. The molecule has 1 aliphatic heterocycles. The number of aryl methyl sites for hydroxylation is 2. The highest BCUT2D eigenvalue weighted by Gasteiger charge is 2.34. The highest BCUT2D eigenvalue weighted by Crippen LogP contribution is 2.31. The van der Waals surface area contributed by atoms with Crippen molar-refractivity contribution in [2.45, 2.75) is 30.9 Å². The van der Waals surface area contributed by atoms with Gasteiger partial charge in [0.1, 0.15) is 4.21 Å². The maximum atomic E-state index is 13.2. The number of nitrogens with zero attached hydrogens (tertiary/aromatic N) is 3. The summed E-state index contributed by atoms with van der Waals surface area (Å²) in [6.07, 6.45) is 1.23. The van der Waals surface area contributed by atoms with E-state index in [0.29, 0.717) is 47.4 Å². The van der Waals surface area contributed by atoms with E-state index in [0.717, 1.165) is 16.9 Å². The molecule has 1 fully saturated rings. The van der Waals surface area contributed by atoms with E-state index in [-0.39, 0.29) is 16.7 Å². The second kappa shape index (κ2) is 8.70. The summed E-state index contributed by atoms with van der Waals surface area (Å²) in [5.41, 5.74) is 2.10. The van der Waals surface area contributed by atoms with Gasteiger partial charge >= 0.3 is 0 Å². The first-order valence-electron chi connectivity index (χ1n) is 9.70. The lowest BCUT2D eigenvalue weighted by Crippen LogP contribution is -2.43. The minimum atomic E-state index is -3.73. The van der Waals surface area contributed by atoms with Crippen molar-refractivity contribution in [2.75, 3.05) is 18.4 Å². The van der Waals surface area contributed by atoms with Gasteiger partial charge in [-0.25, -0.2) is 8.42 Å². The van der Waals surface area contributed by atoms with Gasteiger partial charge in [-0.1, -0.05) is 22.8 Å². The van der Waals surface area contributed by atoms with Crippen molar-refractivity contribution in [3.05, 3.63) is 46.1 Å². The summed E-state index contributed by atoms with van der Waals surface area (Å²) in [4.78, 5) is 16.9. The first kappa shape index (κ1) is 21.9. The van der Waals surface area contributed by atoms with Crippen LogP contribution in [-0.2, 0) is 14.8 Å². The van der Waals surface area contributed by atoms with E-state index < -0.39 is 15.9 Å². The molecule has 11 heteroatoms. The highest BCUT2D eigenvalue weighted by molar-refractivity contribution is 7.91. The van der Waals surface area contributed by atoms with Crippen LogP contribution < -0.4 is 5.32 Å². The zero-order valence-electron chi connectivity index (χ0n) is 17.0. The van der Waals surface area contributed by atoms with Gasteiger partial charge in [0.15, 0.2) is 0 Å². The van der Waals surface area contributed by atoms with Crippen molar-refractivity contribution in [1.29, 1.82) is 0 Å². The molecule has 0 saturated carbocycles. The van der Waals surface area contributed by atoms with Crippen LogP contribution >= 0.6 is 22.9 Å². The predicted octanol–water partition coefficient (Wildman–Crippen LogP) is 4.11. The molecule has 1 amide bonds. The Balaban J connectivity index is 1.47. The average molecular weight is 481 g/mol. The number of nitrogens with one attached hydrogen (secondary N) is 1. The summed E-state index contributed by atoms with van der Waals surface area (Å²) in [6, 6.07) is 6.85. The molecule has 0 bridgehead atoms. The summed E-state index contributed by atoms with van der Waals surface area (Å²) in [5.74, 6) is 0.102. The van der Waals surface area contributed by atoms with Gasteiger partial charge in [-0.3, -0.25) is 4.79 Å². The number of sulfonamides is 1. The van der Waals surface area contributed by atoms with Gasteiger partial charge in [-0.15, -0.1) is 11.3 Å². The molecule has 0 aliphatic carbocycles. The molecule has 1 N–H and O–H groups in total. The third kappa shape index (κ3) is 4.67. The summed E-state index contributed by atoms with van der Waals surface area (Å²) in [6.45, 7) is 4.05. The largest absolute Gasteiger partial charge is 0.339 e. The van der Waals surface area contributed by atoms with Crippen LogP contribution in [0.3, 0.4) is 0 Å². The van der Waals surface area contributed by atoms with Crippen LogP contribution in [0.25, 0.3) is 11.4 Å².